The molecule has 148 valence electrons. The van der Waals surface area contributed by atoms with Crippen molar-refractivity contribution in [1.29, 1.82) is 5.26 Å². The minimum Gasteiger partial charge on any atom is -0.457 e. The van der Waals surface area contributed by atoms with Gasteiger partial charge in [-0.1, -0.05) is 66.2 Å². The lowest BCUT2D eigenvalue weighted by molar-refractivity contribution is 0.572. The van der Waals surface area contributed by atoms with Crippen LogP contribution in [0.1, 0.15) is 10.8 Å². The molecule has 2 aromatic heterocycles. The molecule has 0 N–H and O–H groups in total. The lowest BCUT2D eigenvalue weighted by Crippen LogP contribution is -1.84. The van der Waals surface area contributed by atoms with E-state index < -0.39 is 0 Å². The van der Waals surface area contributed by atoms with E-state index in [1.54, 1.807) is 6.08 Å². The Bertz CT molecular complexity index is 1470. The van der Waals surface area contributed by atoms with Crippen molar-refractivity contribution < 1.29 is 4.42 Å². The van der Waals surface area contributed by atoms with Crippen molar-refractivity contribution in [2.45, 2.75) is 0 Å². The van der Waals surface area contributed by atoms with Gasteiger partial charge in [0.15, 0.2) is 0 Å². The molecule has 0 atom stereocenters. The first-order valence-corrected chi connectivity index (χ1v) is 10.9. The topological polar surface area (TPSA) is 49.8 Å². The van der Waals surface area contributed by atoms with Crippen molar-refractivity contribution in [3.8, 4) is 28.7 Å². The number of hydrogen-bond donors (Lipinski definition) is 0. The zero-order valence-electron chi connectivity index (χ0n) is 16.2. The summed E-state index contributed by atoms with van der Waals surface area (Å²) in [6.07, 6.45) is 1.72. The maximum absolute atomic E-state index is 9.74. The van der Waals surface area contributed by atoms with Crippen LogP contribution in [0.3, 0.4) is 0 Å². The van der Waals surface area contributed by atoms with Gasteiger partial charge in [-0.3, -0.25) is 0 Å². The van der Waals surface area contributed by atoms with Crippen molar-refractivity contribution in [1.82, 2.24) is 4.98 Å². The third-order valence-corrected chi connectivity index (χ3v) is 6.05. The molecule has 0 amide bonds. The van der Waals surface area contributed by atoms with Gasteiger partial charge in [-0.25, -0.2) is 4.98 Å². The second-order valence-electron chi connectivity index (χ2n) is 6.95. The second-order valence-corrected chi connectivity index (χ2v) is 8.24. The van der Waals surface area contributed by atoms with Gasteiger partial charge in [-0.05, 0) is 35.0 Å². The Labute approximate surface area is 188 Å². The summed E-state index contributed by atoms with van der Waals surface area (Å²) in [5.41, 5.74) is 3.26. The maximum atomic E-state index is 9.74. The minimum atomic E-state index is 0.462. The zero-order chi connectivity index (χ0) is 21.2. The van der Waals surface area contributed by atoms with Gasteiger partial charge in [0.25, 0.3) is 0 Å². The molecule has 0 aliphatic carbocycles. The van der Waals surface area contributed by atoms with Crippen LogP contribution < -0.4 is 0 Å². The van der Waals surface area contributed by atoms with E-state index in [-0.39, 0.29) is 0 Å². The van der Waals surface area contributed by atoms with E-state index in [1.807, 2.05) is 60.0 Å². The number of aromatic nitrogens is 1. The Kier molecular flexibility index (Phi) is 5.13. The molecule has 0 spiro atoms. The smallest absolute Gasteiger partial charge is 0.134 e. The van der Waals surface area contributed by atoms with Gasteiger partial charge in [0, 0.05) is 27.6 Å². The average Bonchev–Trinajstić information content (AvgIpc) is 3.47. The molecular formula is C26H15ClN2OS. The highest BCUT2D eigenvalue weighted by atomic mass is 35.5. The van der Waals surface area contributed by atoms with E-state index >= 15 is 0 Å². The van der Waals surface area contributed by atoms with Gasteiger partial charge < -0.3 is 4.42 Å². The van der Waals surface area contributed by atoms with Crippen LogP contribution in [-0.2, 0) is 0 Å². The van der Waals surface area contributed by atoms with Crippen LogP contribution in [-0.4, -0.2) is 4.98 Å². The molecule has 0 saturated carbocycles. The monoisotopic (exact) mass is 438 g/mol. The summed E-state index contributed by atoms with van der Waals surface area (Å²) in [4.78, 5) is 4.74. The Hall–Kier alpha value is -3.65. The summed E-state index contributed by atoms with van der Waals surface area (Å²) in [6.45, 7) is 0. The molecule has 2 heterocycles. The van der Waals surface area contributed by atoms with Crippen molar-refractivity contribution in [3.05, 3.63) is 100 Å². The number of hydrogen-bond acceptors (Lipinski definition) is 4. The zero-order valence-corrected chi connectivity index (χ0v) is 17.8. The highest BCUT2D eigenvalue weighted by Crippen LogP contribution is 2.32. The highest BCUT2D eigenvalue weighted by Gasteiger charge is 2.12. The lowest BCUT2D eigenvalue weighted by atomic mass is 10.0. The predicted molar refractivity (Wildman–Crippen MR) is 128 cm³/mol. The summed E-state index contributed by atoms with van der Waals surface area (Å²) < 4.78 is 5.92. The largest absolute Gasteiger partial charge is 0.457 e. The third-order valence-electron chi connectivity index (χ3n) is 4.94. The molecule has 5 rings (SSSR count). The standard InChI is InChI=1S/C26H15ClN2OS/c27-20-8-3-7-18(13-20)25-12-11-21(30-25)14-19(15-28)26-29-24(16-31-26)23-10-4-6-17-5-1-2-9-22(17)23/h1-14,16H/b19-14+. The first-order chi connectivity index (χ1) is 15.2. The number of allylic oxidation sites excluding steroid dienone is 1. The molecule has 3 nitrogen and oxygen atoms in total. The van der Waals surface area contributed by atoms with E-state index in [1.165, 1.54) is 11.3 Å². The minimum absolute atomic E-state index is 0.462. The Morgan fingerprint density at radius 3 is 2.71 bits per heavy atom. The molecule has 0 bridgehead atoms. The molecule has 0 aliphatic heterocycles. The van der Waals surface area contributed by atoms with Gasteiger partial charge in [0.2, 0.25) is 0 Å². The number of rotatable bonds is 4. The van der Waals surface area contributed by atoms with Crippen molar-refractivity contribution in [2.24, 2.45) is 0 Å². The first kappa shape index (κ1) is 19.3. The summed E-state index contributed by atoms with van der Waals surface area (Å²) >= 11 is 7.52. The number of thiazole rings is 1. The molecule has 0 saturated heterocycles. The van der Waals surface area contributed by atoms with Gasteiger partial charge >= 0.3 is 0 Å². The van der Waals surface area contributed by atoms with Crippen LogP contribution in [0.25, 0.3) is 45.0 Å². The number of furan rings is 1. The quantitative estimate of drug-likeness (QED) is 0.267. The molecule has 5 heteroatoms. The van der Waals surface area contributed by atoms with E-state index in [2.05, 4.69) is 30.3 Å². The van der Waals surface area contributed by atoms with Gasteiger partial charge in [0.05, 0.1) is 11.3 Å². The summed E-state index contributed by atoms with van der Waals surface area (Å²) in [5, 5.41) is 15.3. The number of nitriles is 1. The predicted octanol–water partition coefficient (Wildman–Crippen LogP) is 7.94. The van der Waals surface area contributed by atoms with Crippen LogP contribution in [0, 0.1) is 11.3 Å². The molecule has 0 aliphatic rings. The summed E-state index contributed by atoms with van der Waals surface area (Å²) in [7, 11) is 0. The molecule has 5 aromatic rings. The number of halogens is 1. The van der Waals surface area contributed by atoms with E-state index in [9.17, 15) is 5.26 Å². The van der Waals surface area contributed by atoms with Gasteiger partial charge in [-0.2, -0.15) is 5.26 Å². The van der Waals surface area contributed by atoms with E-state index in [0.29, 0.717) is 27.1 Å². The van der Waals surface area contributed by atoms with Crippen LogP contribution in [0.2, 0.25) is 5.02 Å². The Morgan fingerprint density at radius 1 is 1.00 bits per heavy atom. The SMILES string of the molecule is N#C/C(=C\c1ccc(-c2cccc(Cl)c2)o1)c1nc(-c2cccc3ccccc23)cs1. The molecule has 0 fully saturated rings. The van der Waals surface area contributed by atoms with Crippen molar-refractivity contribution in [2.75, 3.05) is 0 Å². The fraction of sp³-hybridized carbons (Fsp3) is 0. The van der Waals surface area contributed by atoms with Crippen LogP contribution >= 0.6 is 22.9 Å². The lowest BCUT2D eigenvalue weighted by Gasteiger charge is -2.03. The molecular weight excluding hydrogens is 424 g/mol. The van der Waals surface area contributed by atoms with Crippen LogP contribution in [0.15, 0.2) is 88.7 Å². The van der Waals surface area contributed by atoms with Crippen molar-refractivity contribution in [3.63, 3.8) is 0 Å². The van der Waals surface area contributed by atoms with Crippen LogP contribution in [0.4, 0.5) is 0 Å². The summed E-state index contributed by atoms with van der Waals surface area (Å²) in [6, 6.07) is 27.8. The number of nitrogens with zero attached hydrogens (tertiary/aromatic N) is 2. The van der Waals surface area contributed by atoms with Crippen LogP contribution in [0.5, 0.6) is 0 Å². The van der Waals surface area contributed by atoms with Gasteiger partial charge in [0.1, 0.15) is 22.6 Å². The fourth-order valence-electron chi connectivity index (χ4n) is 3.48. The molecule has 31 heavy (non-hydrogen) atoms. The first-order valence-electron chi connectivity index (χ1n) is 9.63. The van der Waals surface area contributed by atoms with Crippen molar-refractivity contribution >= 4 is 45.4 Å². The second kappa shape index (κ2) is 8.23. The molecule has 3 aromatic carbocycles. The molecule has 0 unspecified atom stereocenters. The number of benzene rings is 3. The third kappa shape index (κ3) is 3.89. The highest BCUT2D eigenvalue weighted by molar-refractivity contribution is 7.11. The normalized spacial score (nSPS) is 11.5. The van der Waals surface area contributed by atoms with E-state index in [0.717, 1.165) is 27.6 Å². The Morgan fingerprint density at radius 2 is 1.84 bits per heavy atom. The maximum Gasteiger partial charge on any atom is 0.134 e. The molecule has 0 radical (unpaired) electrons. The average molecular weight is 439 g/mol. The number of fused-ring (bicyclic) bond motifs is 1. The van der Waals surface area contributed by atoms with Gasteiger partial charge in [-0.15, -0.1) is 11.3 Å². The van der Waals surface area contributed by atoms with E-state index in [4.69, 9.17) is 21.0 Å². The summed E-state index contributed by atoms with van der Waals surface area (Å²) in [5.74, 6) is 1.29. The fourth-order valence-corrected chi connectivity index (χ4v) is 4.46. The Balaban J connectivity index is 1.48.